The molecule has 0 atom stereocenters. The van der Waals surface area contributed by atoms with Gasteiger partial charge in [-0.1, -0.05) is 6.92 Å². The van der Waals surface area contributed by atoms with Gasteiger partial charge in [0.05, 0.1) is 6.54 Å². The number of nitrogens with one attached hydrogen (secondary N) is 2. The van der Waals surface area contributed by atoms with Crippen LogP contribution < -0.4 is 10.6 Å². The molecular formula is C14H21BrN6S. The van der Waals surface area contributed by atoms with Crippen molar-refractivity contribution in [3.05, 3.63) is 32.9 Å². The van der Waals surface area contributed by atoms with E-state index in [0.717, 1.165) is 42.3 Å². The molecule has 0 spiro atoms. The van der Waals surface area contributed by atoms with Gasteiger partial charge in [-0.3, -0.25) is 0 Å². The minimum Gasteiger partial charge on any atom is -0.357 e. The summed E-state index contributed by atoms with van der Waals surface area (Å²) in [4.78, 5) is 5.83. The Morgan fingerprint density at radius 1 is 1.41 bits per heavy atom. The van der Waals surface area contributed by atoms with Gasteiger partial charge in [-0.15, -0.1) is 21.5 Å². The highest BCUT2D eigenvalue weighted by molar-refractivity contribution is 9.10. The summed E-state index contributed by atoms with van der Waals surface area (Å²) in [7, 11) is 0. The van der Waals surface area contributed by atoms with Crippen LogP contribution in [0, 0.1) is 0 Å². The van der Waals surface area contributed by atoms with Gasteiger partial charge in [0.2, 0.25) is 0 Å². The standard InChI is InChI=1S/C14H21BrN6S/c1-3-13-20-19-10-21(13)6-5-17-14(16-4-2)18-8-12-7-11(15)9-22-12/h7,9-10H,3-6,8H2,1-2H3,(H2,16,17,18). The second-order valence-corrected chi connectivity index (χ2v) is 6.56. The van der Waals surface area contributed by atoms with Gasteiger partial charge in [0, 0.05) is 40.8 Å². The number of aryl methyl sites for hydroxylation is 1. The fraction of sp³-hybridized carbons (Fsp3) is 0.500. The fourth-order valence-corrected chi connectivity index (χ4v) is 3.34. The quantitative estimate of drug-likeness (QED) is 0.568. The Labute approximate surface area is 143 Å². The number of thiophene rings is 1. The van der Waals surface area contributed by atoms with E-state index in [4.69, 9.17) is 0 Å². The van der Waals surface area contributed by atoms with Gasteiger partial charge in [-0.25, -0.2) is 4.99 Å². The van der Waals surface area contributed by atoms with Crippen LogP contribution in [-0.4, -0.2) is 33.8 Å². The summed E-state index contributed by atoms with van der Waals surface area (Å²) >= 11 is 5.17. The normalized spacial score (nSPS) is 11.7. The van der Waals surface area contributed by atoms with Crippen molar-refractivity contribution in [2.75, 3.05) is 13.1 Å². The van der Waals surface area contributed by atoms with E-state index in [1.807, 2.05) is 0 Å². The molecule has 2 rings (SSSR count). The van der Waals surface area contributed by atoms with Crippen molar-refractivity contribution in [3.8, 4) is 0 Å². The lowest BCUT2D eigenvalue weighted by molar-refractivity contribution is 0.633. The van der Waals surface area contributed by atoms with Crippen LogP contribution in [-0.2, 0) is 19.5 Å². The summed E-state index contributed by atoms with van der Waals surface area (Å²) in [6.45, 7) is 7.27. The van der Waals surface area contributed by atoms with E-state index in [2.05, 4.69) is 71.6 Å². The molecule has 120 valence electrons. The van der Waals surface area contributed by atoms with Crippen molar-refractivity contribution >= 4 is 33.2 Å². The maximum atomic E-state index is 4.60. The lowest BCUT2D eigenvalue weighted by Crippen LogP contribution is -2.38. The predicted octanol–water partition coefficient (Wildman–Crippen LogP) is 2.42. The van der Waals surface area contributed by atoms with Gasteiger partial charge in [0.15, 0.2) is 5.96 Å². The van der Waals surface area contributed by atoms with Gasteiger partial charge >= 0.3 is 0 Å². The molecule has 0 aliphatic heterocycles. The fourth-order valence-electron chi connectivity index (χ4n) is 1.97. The number of guanidine groups is 1. The van der Waals surface area contributed by atoms with Gasteiger partial charge in [0.25, 0.3) is 0 Å². The van der Waals surface area contributed by atoms with Crippen LogP contribution in [0.3, 0.4) is 0 Å². The molecule has 0 saturated carbocycles. The average Bonchev–Trinajstić information content (AvgIpc) is 3.13. The molecule has 22 heavy (non-hydrogen) atoms. The number of rotatable bonds is 7. The first-order valence-corrected chi connectivity index (χ1v) is 9.02. The van der Waals surface area contributed by atoms with E-state index < -0.39 is 0 Å². The zero-order chi connectivity index (χ0) is 15.8. The monoisotopic (exact) mass is 384 g/mol. The van der Waals surface area contributed by atoms with E-state index in [-0.39, 0.29) is 0 Å². The summed E-state index contributed by atoms with van der Waals surface area (Å²) in [5.74, 6) is 1.84. The third-order valence-electron chi connectivity index (χ3n) is 3.02. The second kappa shape index (κ2) is 8.89. The first kappa shape index (κ1) is 17.0. The zero-order valence-electron chi connectivity index (χ0n) is 12.8. The number of aliphatic imine (C=N–C) groups is 1. The van der Waals surface area contributed by atoms with E-state index >= 15 is 0 Å². The number of aromatic nitrogens is 3. The van der Waals surface area contributed by atoms with Crippen molar-refractivity contribution in [2.24, 2.45) is 4.99 Å². The molecular weight excluding hydrogens is 364 g/mol. The second-order valence-electron chi connectivity index (χ2n) is 4.65. The molecule has 2 aromatic rings. The van der Waals surface area contributed by atoms with Crippen LogP contribution in [0.5, 0.6) is 0 Å². The van der Waals surface area contributed by atoms with E-state index in [0.29, 0.717) is 6.54 Å². The molecule has 0 radical (unpaired) electrons. The Kier molecular flexibility index (Phi) is 6.85. The molecule has 2 N–H and O–H groups in total. The Balaban J connectivity index is 1.85. The van der Waals surface area contributed by atoms with Gasteiger partial charge in [-0.2, -0.15) is 0 Å². The van der Waals surface area contributed by atoms with Crippen LogP contribution in [0.2, 0.25) is 0 Å². The van der Waals surface area contributed by atoms with Gasteiger partial charge in [-0.05, 0) is 28.9 Å². The summed E-state index contributed by atoms with van der Waals surface area (Å²) in [5.41, 5.74) is 0. The van der Waals surface area contributed by atoms with E-state index in [1.54, 1.807) is 17.7 Å². The Morgan fingerprint density at radius 3 is 2.95 bits per heavy atom. The van der Waals surface area contributed by atoms with Crippen LogP contribution in [0.4, 0.5) is 0 Å². The Morgan fingerprint density at radius 2 is 2.27 bits per heavy atom. The lowest BCUT2D eigenvalue weighted by atomic mass is 10.4. The molecule has 0 bridgehead atoms. The van der Waals surface area contributed by atoms with Crippen LogP contribution in [0.25, 0.3) is 0 Å². The third kappa shape index (κ3) is 5.10. The lowest BCUT2D eigenvalue weighted by Gasteiger charge is -2.12. The maximum absolute atomic E-state index is 4.60. The Bertz CT molecular complexity index is 606. The number of halogens is 1. The van der Waals surface area contributed by atoms with Crippen molar-refractivity contribution in [3.63, 3.8) is 0 Å². The summed E-state index contributed by atoms with van der Waals surface area (Å²) in [6.07, 6.45) is 2.66. The first-order valence-electron chi connectivity index (χ1n) is 7.34. The van der Waals surface area contributed by atoms with Gasteiger partial charge < -0.3 is 15.2 Å². The number of nitrogens with zero attached hydrogens (tertiary/aromatic N) is 4. The van der Waals surface area contributed by atoms with Crippen molar-refractivity contribution < 1.29 is 0 Å². The molecule has 0 saturated heterocycles. The third-order valence-corrected chi connectivity index (χ3v) is 4.70. The van der Waals surface area contributed by atoms with Gasteiger partial charge in [0.1, 0.15) is 12.2 Å². The predicted molar refractivity (Wildman–Crippen MR) is 94.2 cm³/mol. The molecule has 0 aromatic carbocycles. The van der Waals surface area contributed by atoms with E-state index in [1.165, 1.54) is 4.88 Å². The molecule has 2 heterocycles. The maximum Gasteiger partial charge on any atom is 0.191 e. The first-order chi connectivity index (χ1) is 10.7. The topological polar surface area (TPSA) is 67.1 Å². The molecule has 0 amide bonds. The van der Waals surface area contributed by atoms with Crippen LogP contribution in [0.1, 0.15) is 24.5 Å². The summed E-state index contributed by atoms with van der Waals surface area (Å²) < 4.78 is 3.17. The zero-order valence-corrected chi connectivity index (χ0v) is 15.2. The number of hydrogen-bond donors (Lipinski definition) is 2. The minimum atomic E-state index is 0.679. The largest absolute Gasteiger partial charge is 0.357 e. The van der Waals surface area contributed by atoms with Crippen molar-refractivity contribution in [2.45, 2.75) is 33.4 Å². The summed E-state index contributed by atoms with van der Waals surface area (Å²) in [6, 6.07) is 2.10. The summed E-state index contributed by atoms with van der Waals surface area (Å²) in [5, 5.41) is 16.7. The molecule has 2 aromatic heterocycles. The van der Waals surface area contributed by atoms with Crippen LogP contribution in [0.15, 0.2) is 27.2 Å². The molecule has 8 heteroatoms. The molecule has 0 aliphatic carbocycles. The van der Waals surface area contributed by atoms with Crippen LogP contribution >= 0.6 is 27.3 Å². The number of hydrogen-bond acceptors (Lipinski definition) is 4. The highest BCUT2D eigenvalue weighted by Crippen LogP contribution is 2.20. The Hall–Kier alpha value is -1.41. The minimum absolute atomic E-state index is 0.679. The van der Waals surface area contributed by atoms with Crippen molar-refractivity contribution in [1.82, 2.24) is 25.4 Å². The molecule has 6 nitrogen and oxygen atoms in total. The average molecular weight is 385 g/mol. The molecule has 0 unspecified atom stereocenters. The SMILES string of the molecule is CCNC(=NCc1cc(Br)cs1)NCCn1cnnc1CC. The highest BCUT2D eigenvalue weighted by Gasteiger charge is 2.03. The molecule has 0 fully saturated rings. The van der Waals surface area contributed by atoms with E-state index in [9.17, 15) is 0 Å². The molecule has 0 aliphatic rings. The van der Waals surface area contributed by atoms with Crippen molar-refractivity contribution in [1.29, 1.82) is 0 Å². The highest BCUT2D eigenvalue weighted by atomic mass is 79.9. The smallest absolute Gasteiger partial charge is 0.191 e.